The summed E-state index contributed by atoms with van der Waals surface area (Å²) in [5.41, 5.74) is 0.491. The van der Waals surface area contributed by atoms with Crippen LogP contribution in [0.25, 0.3) is 0 Å². The molecule has 25 heavy (non-hydrogen) atoms. The van der Waals surface area contributed by atoms with Crippen LogP contribution in [0.5, 0.6) is 0 Å². The highest BCUT2D eigenvalue weighted by molar-refractivity contribution is 5.49. The van der Waals surface area contributed by atoms with E-state index in [1.807, 2.05) is 9.80 Å². The van der Waals surface area contributed by atoms with Crippen LogP contribution >= 0.6 is 0 Å². The van der Waals surface area contributed by atoms with Gasteiger partial charge in [-0.15, -0.1) is 0 Å². The Kier molecular flexibility index (Phi) is 6.27. The summed E-state index contributed by atoms with van der Waals surface area (Å²) in [7, 11) is 0. The van der Waals surface area contributed by atoms with Gasteiger partial charge < -0.3 is 9.80 Å². The Morgan fingerprint density at radius 2 is 1.92 bits per heavy atom. The molecular weight excluding hydrogens is 322 g/mol. The third kappa shape index (κ3) is 4.71. The third-order valence-corrected chi connectivity index (χ3v) is 5.74. The molecule has 1 aliphatic heterocycles. The van der Waals surface area contributed by atoms with Crippen LogP contribution in [0.2, 0.25) is 0 Å². The van der Waals surface area contributed by atoms with Gasteiger partial charge in [-0.25, -0.2) is 8.78 Å². The summed E-state index contributed by atoms with van der Waals surface area (Å²) in [6.07, 6.45) is 10.0. The quantitative estimate of drug-likeness (QED) is 0.712. The molecule has 0 bridgehead atoms. The van der Waals surface area contributed by atoms with Crippen LogP contribution in [0.15, 0.2) is 18.2 Å². The van der Waals surface area contributed by atoms with Crippen molar-refractivity contribution in [1.82, 2.24) is 4.90 Å². The van der Waals surface area contributed by atoms with Gasteiger partial charge in [0.05, 0.1) is 5.69 Å². The van der Waals surface area contributed by atoms with Crippen molar-refractivity contribution in [3.63, 3.8) is 0 Å². The fourth-order valence-electron chi connectivity index (χ4n) is 4.32. The second-order valence-electron chi connectivity index (χ2n) is 7.47. The summed E-state index contributed by atoms with van der Waals surface area (Å²) in [5, 5.41) is 0. The molecule has 5 heteroatoms. The smallest absolute Gasteiger partial charge is 0.209 e. The maximum atomic E-state index is 14.0. The van der Waals surface area contributed by atoms with Gasteiger partial charge >= 0.3 is 0 Å². The lowest BCUT2D eigenvalue weighted by Gasteiger charge is -2.37. The minimum Gasteiger partial charge on any atom is -0.369 e. The molecule has 1 heterocycles. The SMILES string of the molecule is O=CN(CCC1CCCN(c2ccc(F)cc2F)C1)C1CCCCC1. The van der Waals surface area contributed by atoms with Crippen molar-refractivity contribution in [3.8, 4) is 0 Å². The summed E-state index contributed by atoms with van der Waals surface area (Å²) >= 11 is 0. The molecule has 1 atom stereocenters. The zero-order valence-electron chi connectivity index (χ0n) is 14.8. The van der Waals surface area contributed by atoms with Crippen molar-refractivity contribution >= 4 is 12.1 Å². The molecular formula is C20H28F2N2O. The summed E-state index contributed by atoms with van der Waals surface area (Å²) < 4.78 is 27.2. The summed E-state index contributed by atoms with van der Waals surface area (Å²) in [6, 6.07) is 4.21. The zero-order chi connectivity index (χ0) is 17.6. The third-order valence-electron chi connectivity index (χ3n) is 5.74. The van der Waals surface area contributed by atoms with E-state index in [-0.39, 0.29) is 0 Å². The molecule has 0 radical (unpaired) electrons. The number of hydrogen-bond donors (Lipinski definition) is 0. The highest BCUT2D eigenvalue weighted by Gasteiger charge is 2.25. The molecule has 1 aromatic carbocycles. The monoisotopic (exact) mass is 350 g/mol. The van der Waals surface area contributed by atoms with E-state index in [1.54, 1.807) is 0 Å². The first-order valence-corrected chi connectivity index (χ1v) is 9.58. The van der Waals surface area contributed by atoms with Crippen LogP contribution in [0, 0.1) is 17.6 Å². The lowest BCUT2D eigenvalue weighted by Crippen LogP contribution is -2.40. The molecule has 0 N–H and O–H groups in total. The second kappa shape index (κ2) is 8.63. The number of benzene rings is 1. The van der Waals surface area contributed by atoms with E-state index >= 15 is 0 Å². The van der Waals surface area contributed by atoms with Crippen molar-refractivity contribution in [2.75, 3.05) is 24.5 Å². The highest BCUT2D eigenvalue weighted by atomic mass is 19.1. The first kappa shape index (κ1) is 18.2. The van der Waals surface area contributed by atoms with E-state index in [0.29, 0.717) is 17.6 Å². The van der Waals surface area contributed by atoms with Gasteiger partial charge in [0.1, 0.15) is 11.6 Å². The van der Waals surface area contributed by atoms with Crippen molar-refractivity contribution in [2.45, 2.75) is 57.4 Å². The minimum absolute atomic E-state index is 0.403. The van der Waals surface area contributed by atoms with Crippen molar-refractivity contribution < 1.29 is 13.6 Å². The van der Waals surface area contributed by atoms with E-state index in [9.17, 15) is 13.6 Å². The maximum absolute atomic E-state index is 14.0. The predicted molar refractivity (Wildman–Crippen MR) is 95.6 cm³/mol. The van der Waals surface area contributed by atoms with Crippen molar-refractivity contribution in [1.29, 1.82) is 0 Å². The number of piperidine rings is 1. The molecule has 3 nitrogen and oxygen atoms in total. The Labute approximate surface area is 149 Å². The average molecular weight is 350 g/mol. The largest absolute Gasteiger partial charge is 0.369 e. The van der Waals surface area contributed by atoms with E-state index < -0.39 is 11.6 Å². The maximum Gasteiger partial charge on any atom is 0.209 e. The first-order valence-electron chi connectivity index (χ1n) is 9.58. The van der Waals surface area contributed by atoms with Crippen LogP contribution in [0.4, 0.5) is 14.5 Å². The van der Waals surface area contributed by atoms with Gasteiger partial charge in [-0.1, -0.05) is 19.3 Å². The van der Waals surface area contributed by atoms with Crippen LogP contribution < -0.4 is 4.90 Å². The first-order chi connectivity index (χ1) is 12.2. The van der Waals surface area contributed by atoms with Crippen LogP contribution in [0.1, 0.15) is 51.4 Å². The van der Waals surface area contributed by atoms with Crippen molar-refractivity contribution in [3.05, 3.63) is 29.8 Å². The molecule has 1 aromatic rings. The van der Waals surface area contributed by atoms with Gasteiger partial charge in [0.25, 0.3) is 0 Å². The Morgan fingerprint density at radius 3 is 2.64 bits per heavy atom. The lowest BCUT2D eigenvalue weighted by molar-refractivity contribution is -0.121. The van der Waals surface area contributed by atoms with Gasteiger partial charge in [-0.3, -0.25) is 4.79 Å². The number of anilines is 1. The summed E-state index contributed by atoms with van der Waals surface area (Å²) in [5.74, 6) is -0.578. The minimum atomic E-state index is -0.538. The zero-order valence-corrected chi connectivity index (χ0v) is 14.8. The number of carbonyl (C=O) groups is 1. The molecule has 1 saturated heterocycles. The fourth-order valence-corrected chi connectivity index (χ4v) is 4.32. The van der Waals surface area contributed by atoms with E-state index in [1.165, 1.54) is 31.4 Å². The van der Waals surface area contributed by atoms with E-state index in [2.05, 4.69) is 0 Å². The van der Waals surface area contributed by atoms with Gasteiger partial charge in [-0.2, -0.15) is 0 Å². The number of rotatable bonds is 6. The number of amides is 1. The number of halogens is 2. The standard InChI is InChI=1S/C20H28F2N2O/c21-17-8-9-20(19(22)13-17)23-11-4-5-16(14-23)10-12-24(15-25)18-6-2-1-3-7-18/h8-9,13,15-16,18H,1-7,10-12,14H2. The molecule has 1 saturated carbocycles. The molecule has 138 valence electrons. The predicted octanol–water partition coefficient (Wildman–Crippen LogP) is 4.36. The van der Waals surface area contributed by atoms with Crippen LogP contribution in [0.3, 0.4) is 0 Å². The van der Waals surface area contributed by atoms with E-state index in [4.69, 9.17) is 0 Å². The van der Waals surface area contributed by atoms with Crippen LogP contribution in [-0.4, -0.2) is 37.0 Å². The fraction of sp³-hybridized carbons (Fsp3) is 0.650. The number of nitrogens with zero attached hydrogens (tertiary/aromatic N) is 2. The molecule has 3 rings (SSSR count). The highest BCUT2D eigenvalue weighted by Crippen LogP contribution is 2.28. The van der Waals surface area contributed by atoms with Crippen LogP contribution in [-0.2, 0) is 4.79 Å². The molecule has 2 fully saturated rings. The topological polar surface area (TPSA) is 23.6 Å². The Balaban J connectivity index is 1.55. The van der Waals surface area contributed by atoms with Crippen molar-refractivity contribution in [2.24, 2.45) is 5.92 Å². The summed E-state index contributed by atoms with van der Waals surface area (Å²) in [4.78, 5) is 15.5. The summed E-state index contributed by atoms with van der Waals surface area (Å²) in [6.45, 7) is 2.37. The Bertz CT molecular complexity index is 575. The Morgan fingerprint density at radius 1 is 1.12 bits per heavy atom. The number of hydrogen-bond acceptors (Lipinski definition) is 2. The van der Waals surface area contributed by atoms with E-state index in [0.717, 1.165) is 64.2 Å². The van der Waals surface area contributed by atoms with Gasteiger partial charge in [0, 0.05) is 31.7 Å². The Hall–Kier alpha value is -1.65. The molecule has 0 spiro atoms. The molecule has 1 aliphatic carbocycles. The average Bonchev–Trinajstić information content (AvgIpc) is 2.63. The molecule has 2 aliphatic rings. The lowest BCUT2D eigenvalue weighted by atomic mass is 9.92. The molecule has 1 amide bonds. The van der Waals surface area contributed by atoms with Gasteiger partial charge in [0.2, 0.25) is 6.41 Å². The molecule has 1 unspecified atom stereocenters. The van der Waals surface area contributed by atoms with Gasteiger partial charge in [0.15, 0.2) is 0 Å². The number of carbonyl (C=O) groups excluding carboxylic acids is 1. The molecule has 0 aromatic heterocycles. The normalized spacial score (nSPS) is 22.0. The second-order valence-corrected chi connectivity index (χ2v) is 7.47. The van der Waals surface area contributed by atoms with Gasteiger partial charge in [-0.05, 0) is 50.2 Å².